The molecule has 6 nitrogen and oxygen atoms in total. The third-order valence-electron chi connectivity index (χ3n) is 4.53. The van der Waals surface area contributed by atoms with Gasteiger partial charge >= 0.3 is 0 Å². The van der Waals surface area contributed by atoms with E-state index in [9.17, 15) is 14.7 Å². The highest BCUT2D eigenvalue weighted by molar-refractivity contribution is 5.94. The Morgan fingerprint density at radius 1 is 1.50 bits per heavy atom. The van der Waals surface area contributed by atoms with Crippen molar-refractivity contribution < 1.29 is 14.7 Å². The Balaban J connectivity index is 1.86. The Morgan fingerprint density at radius 2 is 2.32 bits per heavy atom. The van der Waals surface area contributed by atoms with Crippen LogP contribution in [0, 0.1) is 5.41 Å². The third-order valence-corrected chi connectivity index (χ3v) is 4.53. The molecule has 2 aliphatic heterocycles. The number of carbonyl (C=O) groups is 2. The molecule has 2 rings (SSSR count). The molecule has 0 unspecified atom stereocenters. The number of aliphatic hydroxyl groups is 1. The van der Waals surface area contributed by atoms with Gasteiger partial charge in [0.1, 0.15) is 0 Å². The van der Waals surface area contributed by atoms with Gasteiger partial charge in [0.25, 0.3) is 0 Å². The summed E-state index contributed by atoms with van der Waals surface area (Å²) in [6, 6.07) is 0. The standard InChI is InChI=1S/C16H25N3O3/c1-2-8-16(12-20)9-3-10-19(11-16)15(22)7-5-13-4-6-14(21)18-17-13/h2,20H,1,3-12H2,(H,18,21)/t16-/m0/s1. The number of aliphatic hydroxyl groups excluding tert-OH is 1. The topological polar surface area (TPSA) is 82.0 Å². The predicted octanol–water partition coefficient (Wildman–Crippen LogP) is 1.21. The summed E-state index contributed by atoms with van der Waals surface area (Å²) in [5.74, 6) is 0.0319. The number of hydrazone groups is 1. The highest BCUT2D eigenvalue weighted by atomic mass is 16.3. The van der Waals surface area contributed by atoms with Crippen molar-refractivity contribution in [3.8, 4) is 0 Å². The lowest BCUT2D eigenvalue weighted by Crippen LogP contribution is -2.47. The average Bonchev–Trinajstić information content (AvgIpc) is 2.54. The van der Waals surface area contributed by atoms with E-state index in [4.69, 9.17) is 0 Å². The molecule has 0 aromatic rings. The lowest BCUT2D eigenvalue weighted by Gasteiger charge is -2.41. The Morgan fingerprint density at radius 3 is 2.95 bits per heavy atom. The number of amides is 2. The smallest absolute Gasteiger partial charge is 0.240 e. The first-order valence-electron chi connectivity index (χ1n) is 7.92. The zero-order valence-electron chi connectivity index (χ0n) is 13.0. The Labute approximate surface area is 131 Å². The van der Waals surface area contributed by atoms with E-state index in [0.29, 0.717) is 32.2 Å². The number of piperidine rings is 1. The molecular weight excluding hydrogens is 282 g/mol. The molecule has 0 bridgehead atoms. The number of rotatable bonds is 6. The van der Waals surface area contributed by atoms with Crippen LogP contribution in [0.3, 0.4) is 0 Å². The number of nitrogens with zero attached hydrogens (tertiary/aromatic N) is 2. The normalized spacial score (nSPS) is 25.4. The summed E-state index contributed by atoms with van der Waals surface area (Å²) in [7, 11) is 0. The maximum atomic E-state index is 12.4. The maximum absolute atomic E-state index is 12.4. The van der Waals surface area contributed by atoms with Gasteiger partial charge in [-0.15, -0.1) is 6.58 Å². The molecule has 22 heavy (non-hydrogen) atoms. The van der Waals surface area contributed by atoms with Crippen molar-refractivity contribution in [2.24, 2.45) is 10.5 Å². The largest absolute Gasteiger partial charge is 0.396 e. The van der Waals surface area contributed by atoms with E-state index in [0.717, 1.165) is 31.5 Å². The first kappa shape index (κ1) is 16.7. The molecule has 0 saturated carbocycles. The molecule has 2 aliphatic rings. The fraction of sp³-hybridized carbons (Fsp3) is 0.688. The molecule has 1 atom stereocenters. The molecule has 122 valence electrons. The maximum Gasteiger partial charge on any atom is 0.240 e. The predicted molar refractivity (Wildman–Crippen MR) is 84.2 cm³/mol. The van der Waals surface area contributed by atoms with Crippen LogP contribution in [-0.2, 0) is 9.59 Å². The second-order valence-electron chi connectivity index (χ2n) is 6.28. The van der Waals surface area contributed by atoms with Gasteiger partial charge in [0.2, 0.25) is 11.8 Å². The zero-order chi connectivity index (χ0) is 16.0. The molecule has 0 aromatic carbocycles. The minimum absolute atomic E-state index is 0.0664. The van der Waals surface area contributed by atoms with Crippen LogP contribution in [0.5, 0.6) is 0 Å². The molecule has 0 aromatic heterocycles. The summed E-state index contributed by atoms with van der Waals surface area (Å²) in [5, 5.41) is 13.7. The molecule has 1 saturated heterocycles. The highest BCUT2D eigenvalue weighted by Gasteiger charge is 2.35. The monoisotopic (exact) mass is 307 g/mol. The van der Waals surface area contributed by atoms with E-state index in [1.54, 1.807) is 0 Å². The van der Waals surface area contributed by atoms with Crippen molar-refractivity contribution in [1.29, 1.82) is 0 Å². The zero-order valence-corrected chi connectivity index (χ0v) is 13.0. The summed E-state index contributed by atoms with van der Waals surface area (Å²) >= 11 is 0. The number of nitrogens with one attached hydrogen (secondary N) is 1. The molecule has 2 N–H and O–H groups in total. The second-order valence-corrected chi connectivity index (χ2v) is 6.28. The fourth-order valence-electron chi connectivity index (χ4n) is 3.19. The van der Waals surface area contributed by atoms with Crippen molar-refractivity contribution in [2.75, 3.05) is 19.7 Å². The van der Waals surface area contributed by atoms with Crippen LogP contribution in [0.1, 0.15) is 44.9 Å². The van der Waals surface area contributed by atoms with Crippen LogP contribution in [0.4, 0.5) is 0 Å². The van der Waals surface area contributed by atoms with E-state index in [-0.39, 0.29) is 23.8 Å². The molecule has 2 heterocycles. The number of hydrogen-bond acceptors (Lipinski definition) is 4. The van der Waals surface area contributed by atoms with Crippen LogP contribution in [0.15, 0.2) is 17.8 Å². The minimum Gasteiger partial charge on any atom is -0.396 e. The fourth-order valence-corrected chi connectivity index (χ4v) is 3.19. The van der Waals surface area contributed by atoms with Crippen molar-refractivity contribution in [1.82, 2.24) is 10.3 Å². The van der Waals surface area contributed by atoms with Gasteiger partial charge in [-0.2, -0.15) is 5.10 Å². The molecule has 0 radical (unpaired) electrons. The number of carbonyl (C=O) groups excluding carboxylic acids is 2. The minimum atomic E-state index is -0.230. The molecule has 0 spiro atoms. The Kier molecular flexibility index (Phi) is 5.71. The van der Waals surface area contributed by atoms with Crippen LogP contribution in [0.25, 0.3) is 0 Å². The van der Waals surface area contributed by atoms with E-state index < -0.39 is 0 Å². The van der Waals surface area contributed by atoms with Crippen molar-refractivity contribution >= 4 is 17.5 Å². The summed E-state index contributed by atoms with van der Waals surface area (Å²) in [6.07, 6.45) is 6.47. The van der Waals surface area contributed by atoms with Gasteiger partial charge in [0.05, 0.1) is 6.61 Å². The summed E-state index contributed by atoms with van der Waals surface area (Å²) in [4.78, 5) is 25.3. The Bertz CT molecular complexity index is 475. The van der Waals surface area contributed by atoms with Gasteiger partial charge in [0, 0.05) is 37.1 Å². The Hall–Kier alpha value is -1.69. The van der Waals surface area contributed by atoms with Crippen LogP contribution in [-0.4, -0.2) is 47.2 Å². The first-order chi connectivity index (χ1) is 10.6. The van der Waals surface area contributed by atoms with Gasteiger partial charge < -0.3 is 10.0 Å². The molecule has 2 amide bonds. The first-order valence-corrected chi connectivity index (χ1v) is 7.92. The number of hydrogen-bond donors (Lipinski definition) is 2. The van der Waals surface area contributed by atoms with Crippen molar-refractivity contribution in [3.63, 3.8) is 0 Å². The number of likely N-dealkylation sites (tertiary alicyclic amines) is 1. The van der Waals surface area contributed by atoms with Gasteiger partial charge in [0.15, 0.2) is 0 Å². The van der Waals surface area contributed by atoms with Gasteiger partial charge in [-0.05, 0) is 32.1 Å². The number of allylic oxidation sites excluding steroid dienone is 1. The molecule has 0 aliphatic carbocycles. The van der Waals surface area contributed by atoms with Crippen molar-refractivity contribution in [3.05, 3.63) is 12.7 Å². The van der Waals surface area contributed by atoms with Crippen LogP contribution >= 0.6 is 0 Å². The third kappa shape index (κ3) is 4.16. The van der Waals surface area contributed by atoms with E-state index in [1.165, 1.54) is 0 Å². The average molecular weight is 307 g/mol. The SMILES string of the molecule is C=CC[C@]1(CO)CCCN(C(=O)CCC2=NNC(=O)CC2)C1. The van der Waals surface area contributed by atoms with E-state index >= 15 is 0 Å². The lowest BCUT2D eigenvalue weighted by atomic mass is 9.77. The quantitative estimate of drug-likeness (QED) is 0.724. The van der Waals surface area contributed by atoms with E-state index in [1.807, 2.05) is 11.0 Å². The molecule has 6 heteroatoms. The second kappa shape index (κ2) is 7.54. The van der Waals surface area contributed by atoms with Crippen LogP contribution in [0.2, 0.25) is 0 Å². The lowest BCUT2D eigenvalue weighted by molar-refractivity contribution is -0.135. The van der Waals surface area contributed by atoms with Crippen LogP contribution < -0.4 is 5.43 Å². The summed E-state index contributed by atoms with van der Waals surface area (Å²) in [6.45, 7) is 5.19. The van der Waals surface area contributed by atoms with Gasteiger partial charge in [-0.1, -0.05) is 6.08 Å². The summed E-state index contributed by atoms with van der Waals surface area (Å²) in [5.41, 5.74) is 3.10. The molecule has 1 fully saturated rings. The van der Waals surface area contributed by atoms with E-state index in [2.05, 4.69) is 17.1 Å². The van der Waals surface area contributed by atoms with Gasteiger partial charge in [-0.3, -0.25) is 9.59 Å². The molecular formula is C16H25N3O3. The van der Waals surface area contributed by atoms with Gasteiger partial charge in [-0.25, -0.2) is 5.43 Å². The van der Waals surface area contributed by atoms with Crippen molar-refractivity contribution in [2.45, 2.75) is 44.9 Å². The highest BCUT2D eigenvalue weighted by Crippen LogP contribution is 2.33. The summed E-state index contributed by atoms with van der Waals surface area (Å²) < 4.78 is 0.